The number of nitrogens with zero attached hydrogens (tertiary/aromatic N) is 1. The zero-order valence-electron chi connectivity index (χ0n) is 39.6. The van der Waals surface area contributed by atoms with E-state index in [1.165, 1.54) is 0 Å². The first kappa shape index (κ1) is 61.9. The molecule has 35 heteroatoms. The summed E-state index contributed by atoms with van der Waals surface area (Å²) in [7, 11) is 0.689. The summed E-state index contributed by atoms with van der Waals surface area (Å²) in [5, 5.41) is 186. The minimum Gasteiger partial charge on any atom is -0.394 e. The third-order valence-electron chi connectivity index (χ3n) is 12.9. The summed E-state index contributed by atoms with van der Waals surface area (Å²) in [6, 6.07) is 0. The molecule has 0 radical (unpaired) electrons. The number of aliphatic hydroxyl groups is 17. The van der Waals surface area contributed by atoms with Gasteiger partial charge in [-0.15, -0.1) is 0 Å². The standard InChI is InChI=1S/C36H60O33S.C3H9N/c37-1-7-25-13(42)19(48)31(58-7)65-26-8(2-38)60-33(21(50)15(26)44)67-28-10(4-40)62-35(23(52)17(28)46)69-30-12(6-57-70(54,55)56)63-36(24(53)18(30)47)68-29-11(5-41)61-34(22(51)16(29)45)66-27-9(3-39)59-32(64-25)20(49)14(27)43;1-4(2)3/h7-53H,1-6H2,(H,54,55,56);1-3H3/t7-,8-,9-,10-,11-,12-,13-,14-,15-,16-,17-,18-,19-,20-,21-,22-,23-,24-,25-,26-,27-,28-,29-,30-,31-,32-,33-,34-,35-,36-;/m1./s1. The SMILES string of the molecule is CN(C)C.O=S(=O)(O)OC[C@H]1O[C@@H]2O[C@H]3[C@H](O)[C@@H](O)[C@@H](O[C@H]4[C@H](O)[C@@H](O)[C@@H](O[C@H]5[C@H](O)[C@@H](O)[C@@H](O[C@H]6[C@H](O)[C@@H](O)[C@@H](O[C@H]7[C@H](O)[C@@H](O)[C@@H](O[C@H]1[C@H](O)[C@H]2O)O[C@@H]7CO)O[C@@H]6CO)O[C@@H]5CO)O[C@@H]4CO)O[C@@H]3CO. The van der Waals surface area contributed by atoms with Crippen molar-refractivity contribution in [2.45, 2.75) is 184 Å². The lowest BCUT2D eigenvalue weighted by Gasteiger charge is -2.50. The Labute approximate surface area is 420 Å². The number of rotatable bonds is 8. The van der Waals surface area contributed by atoms with Gasteiger partial charge in [-0.25, -0.2) is 4.18 Å². The van der Waals surface area contributed by atoms with Crippen LogP contribution in [0, 0.1) is 0 Å². The number of hydrogen-bond acceptors (Lipinski definition) is 33. The molecule has 18 N–H and O–H groups in total. The van der Waals surface area contributed by atoms with Crippen molar-refractivity contribution in [3.63, 3.8) is 0 Å². The molecule has 22 aliphatic rings. The van der Waals surface area contributed by atoms with Crippen molar-refractivity contribution in [2.24, 2.45) is 0 Å². The van der Waals surface area contributed by atoms with Crippen LogP contribution < -0.4 is 0 Å². The second-order valence-corrected chi connectivity index (χ2v) is 19.8. The zero-order chi connectivity index (χ0) is 54.8. The smallest absolute Gasteiger partial charge is 0.394 e. The van der Waals surface area contributed by atoms with E-state index in [0.29, 0.717) is 0 Å². The Morgan fingerprint density at radius 3 is 0.649 bits per heavy atom. The molecule has 434 valence electrons. The van der Waals surface area contributed by atoms with Crippen LogP contribution in [-0.2, 0) is 71.4 Å². The lowest BCUT2D eigenvalue weighted by Crippen LogP contribution is -2.69. The summed E-state index contributed by atoms with van der Waals surface area (Å²) in [4.78, 5) is 2.00. The van der Waals surface area contributed by atoms with Gasteiger partial charge in [-0.1, -0.05) is 0 Å². The van der Waals surface area contributed by atoms with Gasteiger partial charge >= 0.3 is 10.4 Å². The minimum atomic E-state index is -5.31. The number of aliphatic hydroxyl groups excluding tert-OH is 17. The first-order chi connectivity index (χ1) is 34.8. The molecule has 30 atom stereocenters. The molecule has 0 aromatic rings. The third kappa shape index (κ3) is 13.6. The Kier molecular flexibility index (Phi) is 22.0. The Morgan fingerprint density at radius 2 is 0.486 bits per heavy atom. The molecule has 0 amide bonds. The van der Waals surface area contributed by atoms with Crippen molar-refractivity contribution in [3.8, 4) is 0 Å². The highest BCUT2D eigenvalue weighted by Gasteiger charge is 2.59. The van der Waals surface area contributed by atoms with E-state index in [1.807, 2.05) is 26.0 Å². The van der Waals surface area contributed by atoms with Gasteiger partial charge in [-0.2, -0.15) is 8.42 Å². The first-order valence-corrected chi connectivity index (χ1v) is 24.5. The summed E-state index contributed by atoms with van der Waals surface area (Å²) in [6.07, 6.45) is -61.6. The largest absolute Gasteiger partial charge is 0.397 e. The van der Waals surface area contributed by atoms with E-state index in [2.05, 4.69) is 4.18 Å². The third-order valence-corrected chi connectivity index (χ3v) is 13.3. The summed E-state index contributed by atoms with van der Waals surface area (Å²) in [6.45, 7) is -6.57. The van der Waals surface area contributed by atoms with E-state index in [0.717, 1.165) is 0 Å². The van der Waals surface area contributed by atoms with Crippen LogP contribution >= 0.6 is 0 Å². The van der Waals surface area contributed by atoms with Crippen LogP contribution in [0.15, 0.2) is 0 Å². The van der Waals surface area contributed by atoms with Crippen molar-refractivity contribution in [1.82, 2.24) is 4.90 Å². The maximum Gasteiger partial charge on any atom is 0.397 e. The van der Waals surface area contributed by atoms with Crippen molar-refractivity contribution in [2.75, 3.05) is 60.8 Å². The maximum absolute atomic E-state index is 11.6. The summed E-state index contributed by atoms with van der Waals surface area (Å²) < 4.78 is 105. The molecule has 0 saturated carbocycles. The topological polar surface area (TPSA) is 522 Å². The van der Waals surface area contributed by atoms with Gasteiger partial charge in [0.05, 0.1) is 39.6 Å². The molecular formula is C39H69NO33S. The normalized spacial score (nSPS) is 50.7. The quantitative estimate of drug-likeness (QED) is 0.100. The highest BCUT2D eigenvalue weighted by atomic mass is 32.3. The van der Waals surface area contributed by atoms with Crippen LogP contribution in [0.2, 0.25) is 0 Å². The molecule has 12 bridgehead atoms. The summed E-state index contributed by atoms with van der Waals surface area (Å²) in [5.41, 5.74) is 0. The molecule has 22 fully saturated rings. The second kappa shape index (κ2) is 26.3. The lowest BCUT2D eigenvalue weighted by atomic mass is 9.94. The molecule has 0 unspecified atom stereocenters. The van der Waals surface area contributed by atoms with E-state index in [-0.39, 0.29) is 0 Å². The summed E-state index contributed by atoms with van der Waals surface area (Å²) >= 11 is 0. The van der Waals surface area contributed by atoms with Crippen molar-refractivity contribution < 1.29 is 161 Å². The highest BCUT2D eigenvalue weighted by Crippen LogP contribution is 2.38. The molecule has 0 aromatic carbocycles. The van der Waals surface area contributed by atoms with Gasteiger partial charge in [-0.3, -0.25) is 4.55 Å². The number of hydrogen-bond donors (Lipinski definition) is 18. The van der Waals surface area contributed by atoms with Crippen LogP contribution in [0.3, 0.4) is 0 Å². The average molecular weight is 1110 g/mol. The van der Waals surface area contributed by atoms with E-state index in [9.17, 15) is 99.8 Å². The Morgan fingerprint density at radius 1 is 0.324 bits per heavy atom. The van der Waals surface area contributed by atoms with Gasteiger partial charge in [0, 0.05) is 0 Å². The average Bonchev–Trinajstić information content (AvgIpc) is 3.35. The van der Waals surface area contributed by atoms with Gasteiger partial charge in [0.2, 0.25) is 0 Å². The molecule has 22 aliphatic heterocycles. The van der Waals surface area contributed by atoms with Gasteiger partial charge in [0.25, 0.3) is 0 Å². The molecular weight excluding hydrogens is 1040 g/mol. The van der Waals surface area contributed by atoms with Crippen LogP contribution in [0.25, 0.3) is 0 Å². The molecule has 22 heterocycles. The summed E-state index contributed by atoms with van der Waals surface area (Å²) in [5.74, 6) is 0. The predicted molar refractivity (Wildman–Crippen MR) is 226 cm³/mol. The van der Waals surface area contributed by atoms with Crippen molar-refractivity contribution >= 4 is 10.4 Å². The second-order valence-electron chi connectivity index (χ2n) is 18.7. The maximum atomic E-state index is 11.6. The Balaban J connectivity index is 0.00000215. The molecule has 0 aromatic heterocycles. The molecule has 22 saturated heterocycles. The van der Waals surface area contributed by atoms with Gasteiger partial charge < -0.3 is 149 Å². The molecule has 22 rings (SSSR count). The van der Waals surface area contributed by atoms with Crippen LogP contribution in [-0.4, -0.2) is 350 Å². The minimum absolute atomic E-state index is 1.03. The molecule has 74 heavy (non-hydrogen) atoms. The van der Waals surface area contributed by atoms with Crippen molar-refractivity contribution in [1.29, 1.82) is 0 Å². The van der Waals surface area contributed by atoms with Crippen LogP contribution in [0.4, 0.5) is 0 Å². The monoisotopic (exact) mass is 1110 g/mol. The lowest BCUT2D eigenvalue weighted by molar-refractivity contribution is -0.403. The number of ether oxygens (including phenoxy) is 12. The van der Waals surface area contributed by atoms with Gasteiger partial charge in [0.15, 0.2) is 37.7 Å². The highest BCUT2D eigenvalue weighted by molar-refractivity contribution is 7.80. The molecule has 0 aliphatic carbocycles. The Hall–Kier alpha value is -1.33. The van der Waals surface area contributed by atoms with Gasteiger partial charge in [-0.05, 0) is 21.1 Å². The van der Waals surface area contributed by atoms with Crippen LogP contribution in [0.5, 0.6) is 0 Å². The van der Waals surface area contributed by atoms with E-state index < -0.39 is 234 Å². The van der Waals surface area contributed by atoms with Gasteiger partial charge in [0.1, 0.15) is 146 Å². The fourth-order valence-corrected chi connectivity index (χ4v) is 9.37. The molecule has 34 nitrogen and oxygen atoms in total. The van der Waals surface area contributed by atoms with Crippen molar-refractivity contribution in [3.05, 3.63) is 0 Å². The van der Waals surface area contributed by atoms with Crippen LogP contribution in [0.1, 0.15) is 0 Å². The fraction of sp³-hybridized carbons (Fsp3) is 1.00. The van der Waals surface area contributed by atoms with E-state index in [1.54, 1.807) is 0 Å². The zero-order valence-corrected chi connectivity index (χ0v) is 40.4. The molecule has 0 spiro atoms. The predicted octanol–water partition coefficient (Wildman–Crippen LogP) is -13.0. The van der Waals surface area contributed by atoms with E-state index >= 15 is 0 Å². The Bertz CT molecular complexity index is 1820. The fourth-order valence-electron chi connectivity index (χ4n) is 9.07. The first-order valence-electron chi connectivity index (χ1n) is 23.1. The van der Waals surface area contributed by atoms with E-state index in [4.69, 9.17) is 56.8 Å².